The average molecular weight is 274 g/mol. The van der Waals surface area contributed by atoms with E-state index in [2.05, 4.69) is 30.9 Å². The van der Waals surface area contributed by atoms with Crippen LogP contribution in [0.25, 0.3) is 0 Å². The first-order chi connectivity index (χ1) is 6.34. The molecule has 2 rings (SSSR count). The Morgan fingerprint density at radius 1 is 1.31 bits per heavy atom. The predicted octanol–water partition coefficient (Wildman–Crippen LogP) is 2.85. The van der Waals surface area contributed by atoms with Gasteiger partial charge in [0.25, 0.3) is 0 Å². The van der Waals surface area contributed by atoms with Crippen LogP contribution in [0.1, 0.15) is 0 Å². The average Bonchev–Trinajstić information content (AvgIpc) is 2.53. The van der Waals surface area contributed by atoms with Crippen LogP contribution in [0, 0.1) is 0 Å². The molecule has 0 fully saturated rings. The molecule has 0 saturated heterocycles. The van der Waals surface area contributed by atoms with Gasteiger partial charge in [-0.15, -0.1) is 11.3 Å². The zero-order valence-electron chi connectivity index (χ0n) is 6.35. The van der Waals surface area contributed by atoms with Crippen LogP contribution in [0.4, 0.5) is 0 Å². The van der Waals surface area contributed by atoms with Gasteiger partial charge in [-0.25, -0.2) is 15.0 Å². The van der Waals surface area contributed by atoms with Gasteiger partial charge in [0.05, 0.1) is 0 Å². The fraction of sp³-hybridized carbons (Fsp3) is 0. The Labute approximate surface area is 91.8 Å². The maximum atomic E-state index is 4.22. The zero-order chi connectivity index (χ0) is 9.10. The summed E-state index contributed by atoms with van der Waals surface area (Å²) in [6.45, 7) is 0. The third kappa shape index (κ3) is 2.49. The van der Waals surface area contributed by atoms with Crippen molar-refractivity contribution < 1.29 is 0 Å². The van der Waals surface area contributed by atoms with Gasteiger partial charge in [0.15, 0.2) is 9.50 Å². The van der Waals surface area contributed by atoms with Crippen LogP contribution in [0.3, 0.4) is 0 Å². The number of halogens is 1. The summed E-state index contributed by atoms with van der Waals surface area (Å²) < 4.78 is 1.80. The van der Waals surface area contributed by atoms with E-state index in [-0.39, 0.29) is 0 Å². The minimum Gasteiger partial charge on any atom is -0.231 e. The first-order valence-electron chi connectivity index (χ1n) is 3.40. The molecule has 0 aliphatic rings. The molecule has 2 aromatic rings. The Hall–Kier alpha value is -0.460. The lowest BCUT2D eigenvalue weighted by Crippen LogP contribution is -1.81. The van der Waals surface area contributed by atoms with Gasteiger partial charge < -0.3 is 0 Å². The monoisotopic (exact) mass is 273 g/mol. The van der Waals surface area contributed by atoms with Crippen LogP contribution in [-0.2, 0) is 0 Å². The molecule has 2 heterocycles. The molecule has 0 aliphatic carbocycles. The van der Waals surface area contributed by atoms with Crippen LogP contribution in [0.15, 0.2) is 37.9 Å². The molecule has 0 aliphatic heterocycles. The fourth-order valence-electron chi connectivity index (χ4n) is 0.702. The van der Waals surface area contributed by atoms with Crippen LogP contribution in [0.5, 0.6) is 0 Å². The number of aromatic nitrogens is 3. The molecule has 0 bridgehead atoms. The first kappa shape index (κ1) is 9.11. The molecule has 0 aromatic carbocycles. The lowest BCUT2D eigenvalue weighted by molar-refractivity contribution is 0.965. The van der Waals surface area contributed by atoms with E-state index >= 15 is 0 Å². The van der Waals surface area contributed by atoms with Crippen LogP contribution in [-0.4, -0.2) is 15.0 Å². The molecule has 6 heteroatoms. The Kier molecular flexibility index (Phi) is 2.92. The second-order valence-corrected chi connectivity index (χ2v) is 4.95. The molecule has 0 atom stereocenters. The maximum Gasteiger partial charge on any atom is 0.194 e. The van der Waals surface area contributed by atoms with Gasteiger partial charge in [-0.2, -0.15) is 0 Å². The van der Waals surface area contributed by atoms with E-state index in [1.807, 2.05) is 5.38 Å². The Bertz CT molecular complexity index is 390. The second-order valence-electron chi connectivity index (χ2n) is 2.07. The smallest absolute Gasteiger partial charge is 0.194 e. The quantitative estimate of drug-likeness (QED) is 0.789. The summed E-state index contributed by atoms with van der Waals surface area (Å²) in [6, 6.07) is 1.79. The minimum absolute atomic E-state index is 0.726. The molecule has 0 saturated carbocycles. The van der Waals surface area contributed by atoms with Gasteiger partial charge in [0, 0.05) is 17.8 Å². The summed E-state index contributed by atoms with van der Waals surface area (Å²) in [5.41, 5.74) is 0. The van der Waals surface area contributed by atoms with E-state index < -0.39 is 0 Å². The summed E-state index contributed by atoms with van der Waals surface area (Å²) in [5, 5.41) is 2.66. The molecule has 2 aromatic heterocycles. The molecular weight excluding hydrogens is 270 g/mol. The van der Waals surface area contributed by atoms with E-state index in [1.54, 1.807) is 29.8 Å². The van der Waals surface area contributed by atoms with Crippen molar-refractivity contribution in [3.63, 3.8) is 0 Å². The highest BCUT2D eigenvalue weighted by atomic mass is 79.9. The van der Waals surface area contributed by atoms with Gasteiger partial charge >= 0.3 is 0 Å². The standard InChI is InChI=1S/C7H4BrN3S2/c8-5-4-12-7(11-5)13-6-9-2-1-3-10-6/h1-4H. The normalized spacial score (nSPS) is 10.2. The highest BCUT2D eigenvalue weighted by Crippen LogP contribution is 2.28. The minimum atomic E-state index is 0.726. The largest absolute Gasteiger partial charge is 0.231 e. The van der Waals surface area contributed by atoms with E-state index in [1.165, 1.54) is 11.8 Å². The third-order valence-electron chi connectivity index (χ3n) is 1.18. The van der Waals surface area contributed by atoms with Crippen molar-refractivity contribution in [2.24, 2.45) is 0 Å². The van der Waals surface area contributed by atoms with Gasteiger partial charge in [0.1, 0.15) is 4.60 Å². The lowest BCUT2D eigenvalue weighted by atomic mass is 10.7. The van der Waals surface area contributed by atoms with Crippen molar-refractivity contribution in [2.45, 2.75) is 9.50 Å². The van der Waals surface area contributed by atoms with Gasteiger partial charge in [0.2, 0.25) is 0 Å². The molecule has 66 valence electrons. The fourth-order valence-corrected chi connectivity index (χ4v) is 2.88. The number of hydrogen-bond donors (Lipinski definition) is 0. The van der Waals surface area contributed by atoms with Crippen molar-refractivity contribution in [3.05, 3.63) is 28.4 Å². The Balaban J connectivity index is 2.15. The van der Waals surface area contributed by atoms with E-state index in [4.69, 9.17) is 0 Å². The van der Waals surface area contributed by atoms with Gasteiger partial charge in [-0.05, 0) is 33.8 Å². The van der Waals surface area contributed by atoms with Crippen molar-refractivity contribution in [2.75, 3.05) is 0 Å². The summed E-state index contributed by atoms with van der Waals surface area (Å²) in [5.74, 6) is 0. The first-order valence-corrected chi connectivity index (χ1v) is 5.89. The number of nitrogens with zero attached hydrogens (tertiary/aromatic N) is 3. The second kappa shape index (κ2) is 4.17. The molecule has 0 radical (unpaired) electrons. The molecule has 0 amide bonds. The summed E-state index contributed by atoms with van der Waals surface area (Å²) >= 11 is 6.32. The van der Waals surface area contributed by atoms with E-state index in [0.717, 1.165) is 14.1 Å². The molecule has 0 spiro atoms. The SMILES string of the molecule is Brc1csc(Sc2ncccn2)n1. The number of hydrogen-bond acceptors (Lipinski definition) is 5. The van der Waals surface area contributed by atoms with Crippen molar-refractivity contribution in [1.29, 1.82) is 0 Å². The van der Waals surface area contributed by atoms with Gasteiger partial charge in [-0.3, -0.25) is 0 Å². The highest BCUT2D eigenvalue weighted by Gasteiger charge is 2.03. The molecule has 13 heavy (non-hydrogen) atoms. The lowest BCUT2D eigenvalue weighted by Gasteiger charge is -1.92. The van der Waals surface area contributed by atoms with E-state index in [9.17, 15) is 0 Å². The number of rotatable bonds is 2. The topological polar surface area (TPSA) is 38.7 Å². The van der Waals surface area contributed by atoms with Gasteiger partial charge in [-0.1, -0.05) is 0 Å². The Morgan fingerprint density at radius 2 is 2.08 bits per heavy atom. The van der Waals surface area contributed by atoms with Crippen molar-refractivity contribution in [3.8, 4) is 0 Å². The molecular formula is C7H4BrN3S2. The van der Waals surface area contributed by atoms with Crippen molar-refractivity contribution in [1.82, 2.24) is 15.0 Å². The van der Waals surface area contributed by atoms with Crippen molar-refractivity contribution >= 4 is 39.0 Å². The number of thiazole rings is 1. The zero-order valence-corrected chi connectivity index (χ0v) is 9.56. The van der Waals surface area contributed by atoms with Crippen LogP contribution in [0.2, 0.25) is 0 Å². The maximum absolute atomic E-state index is 4.22. The molecule has 0 unspecified atom stereocenters. The molecule has 0 N–H and O–H groups in total. The van der Waals surface area contributed by atoms with Crippen LogP contribution >= 0.6 is 39.0 Å². The summed E-state index contributed by atoms with van der Waals surface area (Å²) in [4.78, 5) is 12.4. The van der Waals surface area contributed by atoms with Crippen LogP contribution < -0.4 is 0 Å². The summed E-state index contributed by atoms with van der Waals surface area (Å²) in [7, 11) is 0. The third-order valence-corrected chi connectivity index (χ3v) is 3.72. The summed E-state index contributed by atoms with van der Waals surface area (Å²) in [6.07, 6.45) is 3.44. The van der Waals surface area contributed by atoms with E-state index in [0.29, 0.717) is 0 Å². The Morgan fingerprint density at radius 3 is 2.69 bits per heavy atom. The predicted molar refractivity (Wildman–Crippen MR) is 56.0 cm³/mol. The highest BCUT2D eigenvalue weighted by molar-refractivity contribution is 9.10. The molecule has 3 nitrogen and oxygen atoms in total.